The molecule has 0 saturated heterocycles. The van der Waals surface area contributed by atoms with Gasteiger partial charge >= 0.3 is 0 Å². The molecular weight excluding hydrogens is 297 g/mol. The number of rotatable bonds is 5. The molecule has 2 aromatic carbocycles. The Bertz CT molecular complexity index is 570. The molecule has 0 aliphatic rings. The van der Waals surface area contributed by atoms with Gasteiger partial charge in [0, 0.05) is 34.3 Å². The van der Waals surface area contributed by atoms with Crippen molar-refractivity contribution in [3.05, 3.63) is 63.6 Å². The van der Waals surface area contributed by atoms with Crippen molar-refractivity contribution in [3.8, 4) is 5.75 Å². The van der Waals surface area contributed by atoms with Crippen molar-refractivity contribution < 1.29 is 10.2 Å². The summed E-state index contributed by atoms with van der Waals surface area (Å²) < 4.78 is 0. The number of halogens is 2. The van der Waals surface area contributed by atoms with E-state index in [2.05, 4.69) is 5.32 Å². The smallest absolute Gasteiger partial charge is 0.120 e. The van der Waals surface area contributed by atoms with Gasteiger partial charge in [0.25, 0.3) is 0 Å². The van der Waals surface area contributed by atoms with E-state index < -0.39 is 6.10 Å². The third kappa shape index (κ3) is 3.64. The van der Waals surface area contributed by atoms with Gasteiger partial charge in [0.05, 0.1) is 6.10 Å². The van der Waals surface area contributed by atoms with Gasteiger partial charge in [-0.1, -0.05) is 47.5 Å². The highest BCUT2D eigenvalue weighted by atomic mass is 35.5. The van der Waals surface area contributed by atoms with Gasteiger partial charge in [0.15, 0.2) is 0 Å². The van der Waals surface area contributed by atoms with Crippen molar-refractivity contribution in [2.75, 3.05) is 6.54 Å². The molecule has 3 nitrogen and oxygen atoms in total. The second-order valence-corrected chi connectivity index (χ2v) is 5.23. The highest BCUT2D eigenvalue weighted by Gasteiger charge is 2.15. The summed E-state index contributed by atoms with van der Waals surface area (Å²) >= 11 is 12.1. The minimum Gasteiger partial charge on any atom is -0.508 e. The minimum atomic E-state index is -0.804. The first-order chi connectivity index (χ1) is 9.59. The Morgan fingerprint density at radius 2 is 1.65 bits per heavy atom. The number of hydrogen-bond donors (Lipinski definition) is 3. The standard InChI is InChI=1S/C15H15Cl2NO2/c16-11-5-3-6-12(17)15(11)14(20)9-18-8-10-4-1-2-7-13(10)19/h1-7,14,18-20H,8-9H2. The number of nitrogens with one attached hydrogen (secondary N) is 1. The predicted octanol–water partition coefficient (Wildman–Crippen LogP) is 3.52. The van der Waals surface area contributed by atoms with Crippen LogP contribution in [0.25, 0.3) is 0 Å². The zero-order chi connectivity index (χ0) is 14.5. The summed E-state index contributed by atoms with van der Waals surface area (Å²) in [7, 11) is 0. The van der Waals surface area contributed by atoms with Crippen LogP contribution >= 0.6 is 23.2 Å². The van der Waals surface area contributed by atoms with Gasteiger partial charge in [-0.3, -0.25) is 0 Å². The molecule has 1 atom stereocenters. The molecular formula is C15H15Cl2NO2. The van der Waals surface area contributed by atoms with Gasteiger partial charge in [0.2, 0.25) is 0 Å². The van der Waals surface area contributed by atoms with Crippen LogP contribution in [0, 0.1) is 0 Å². The van der Waals surface area contributed by atoms with Crippen molar-refractivity contribution in [2.45, 2.75) is 12.6 Å². The topological polar surface area (TPSA) is 52.5 Å². The molecule has 0 radical (unpaired) electrons. The Labute approximate surface area is 127 Å². The van der Waals surface area contributed by atoms with Gasteiger partial charge in [-0.25, -0.2) is 0 Å². The first-order valence-corrected chi connectivity index (χ1v) is 6.94. The minimum absolute atomic E-state index is 0.227. The van der Waals surface area contributed by atoms with Crippen LogP contribution in [0.3, 0.4) is 0 Å². The molecule has 2 rings (SSSR count). The van der Waals surface area contributed by atoms with Crippen LogP contribution in [-0.4, -0.2) is 16.8 Å². The van der Waals surface area contributed by atoms with Gasteiger partial charge in [-0.05, 0) is 18.2 Å². The molecule has 0 aliphatic carbocycles. The summed E-state index contributed by atoms with van der Waals surface area (Å²) in [5, 5.41) is 23.7. The van der Waals surface area contributed by atoms with Crippen LogP contribution in [0.2, 0.25) is 10.0 Å². The summed E-state index contributed by atoms with van der Waals surface area (Å²) in [6, 6.07) is 12.2. The summed E-state index contributed by atoms with van der Waals surface area (Å²) in [5.74, 6) is 0.227. The fourth-order valence-corrected chi connectivity index (χ4v) is 2.58. The van der Waals surface area contributed by atoms with E-state index in [4.69, 9.17) is 23.2 Å². The maximum Gasteiger partial charge on any atom is 0.120 e. The summed E-state index contributed by atoms with van der Waals surface area (Å²) in [6.07, 6.45) is -0.804. The highest BCUT2D eigenvalue weighted by Crippen LogP contribution is 2.29. The van der Waals surface area contributed by atoms with Gasteiger partial charge in [-0.15, -0.1) is 0 Å². The van der Waals surface area contributed by atoms with Crippen molar-refractivity contribution in [1.29, 1.82) is 0 Å². The van der Waals surface area contributed by atoms with E-state index in [0.29, 0.717) is 22.2 Å². The Hall–Kier alpha value is -1.26. The number of aliphatic hydroxyl groups is 1. The van der Waals surface area contributed by atoms with Crippen LogP contribution in [-0.2, 0) is 6.54 Å². The molecule has 5 heteroatoms. The Morgan fingerprint density at radius 3 is 2.30 bits per heavy atom. The van der Waals surface area contributed by atoms with Gasteiger partial charge in [0.1, 0.15) is 5.75 Å². The molecule has 20 heavy (non-hydrogen) atoms. The zero-order valence-corrected chi connectivity index (χ0v) is 12.2. The lowest BCUT2D eigenvalue weighted by molar-refractivity contribution is 0.174. The largest absolute Gasteiger partial charge is 0.508 e. The van der Waals surface area contributed by atoms with Crippen molar-refractivity contribution in [1.82, 2.24) is 5.32 Å². The molecule has 1 unspecified atom stereocenters. The zero-order valence-electron chi connectivity index (χ0n) is 10.7. The first kappa shape index (κ1) is 15.1. The molecule has 0 fully saturated rings. The molecule has 3 N–H and O–H groups in total. The number of aliphatic hydroxyl groups excluding tert-OH is 1. The molecule has 0 amide bonds. The number of phenols is 1. The quantitative estimate of drug-likeness (QED) is 0.792. The first-order valence-electron chi connectivity index (χ1n) is 6.19. The monoisotopic (exact) mass is 311 g/mol. The van der Waals surface area contributed by atoms with Crippen LogP contribution in [0.5, 0.6) is 5.75 Å². The predicted molar refractivity (Wildman–Crippen MR) is 81.2 cm³/mol. The lowest BCUT2D eigenvalue weighted by Gasteiger charge is -2.15. The maximum atomic E-state index is 10.1. The van der Waals surface area contributed by atoms with Gasteiger partial charge < -0.3 is 15.5 Å². The molecule has 2 aromatic rings. The number of aromatic hydroxyl groups is 1. The van der Waals surface area contributed by atoms with E-state index in [1.165, 1.54) is 0 Å². The lowest BCUT2D eigenvalue weighted by Crippen LogP contribution is -2.21. The number of para-hydroxylation sites is 1. The number of hydrogen-bond acceptors (Lipinski definition) is 3. The van der Waals surface area contributed by atoms with Gasteiger partial charge in [-0.2, -0.15) is 0 Å². The molecule has 0 bridgehead atoms. The molecule has 0 spiro atoms. The van der Waals surface area contributed by atoms with Crippen molar-refractivity contribution in [3.63, 3.8) is 0 Å². The molecule has 0 aliphatic heterocycles. The average Bonchev–Trinajstić information content (AvgIpc) is 2.41. The van der Waals surface area contributed by atoms with E-state index in [0.717, 1.165) is 5.56 Å². The second-order valence-electron chi connectivity index (χ2n) is 4.41. The van der Waals surface area contributed by atoms with Crippen molar-refractivity contribution >= 4 is 23.2 Å². The highest BCUT2D eigenvalue weighted by molar-refractivity contribution is 6.36. The Kier molecular flexibility index (Phi) is 5.26. The fourth-order valence-electron chi connectivity index (χ4n) is 1.93. The third-order valence-corrected chi connectivity index (χ3v) is 3.64. The van der Waals surface area contributed by atoms with E-state index in [1.807, 2.05) is 12.1 Å². The van der Waals surface area contributed by atoms with Crippen molar-refractivity contribution in [2.24, 2.45) is 0 Å². The normalized spacial score (nSPS) is 12.3. The third-order valence-electron chi connectivity index (χ3n) is 2.98. The molecule has 0 aromatic heterocycles. The lowest BCUT2D eigenvalue weighted by atomic mass is 10.1. The van der Waals surface area contributed by atoms with E-state index in [1.54, 1.807) is 30.3 Å². The summed E-state index contributed by atoms with van der Waals surface area (Å²) in [6.45, 7) is 0.740. The van der Waals surface area contributed by atoms with E-state index in [-0.39, 0.29) is 12.3 Å². The van der Waals surface area contributed by atoms with E-state index in [9.17, 15) is 10.2 Å². The summed E-state index contributed by atoms with van der Waals surface area (Å²) in [5.41, 5.74) is 1.28. The maximum absolute atomic E-state index is 10.1. The molecule has 106 valence electrons. The second kappa shape index (κ2) is 6.95. The Morgan fingerprint density at radius 1 is 1.00 bits per heavy atom. The Balaban J connectivity index is 1.96. The van der Waals surface area contributed by atoms with Crippen LogP contribution in [0.1, 0.15) is 17.2 Å². The molecule has 0 saturated carbocycles. The average molecular weight is 312 g/mol. The number of benzene rings is 2. The fraction of sp³-hybridized carbons (Fsp3) is 0.200. The summed E-state index contributed by atoms with van der Waals surface area (Å²) in [4.78, 5) is 0. The van der Waals surface area contributed by atoms with Crippen LogP contribution in [0.4, 0.5) is 0 Å². The van der Waals surface area contributed by atoms with Crippen LogP contribution in [0.15, 0.2) is 42.5 Å². The SMILES string of the molecule is Oc1ccccc1CNCC(O)c1c(Cl)cccc1Cl. The number of phenolic OH excluding ortho intramolecular Hbond substituents is 1. The van der Waals surface area contributed by atoms with E-state index >= 15 is 0 Å². The van der Waals surface area contributed by atoms with Crippen LogP contribution < -0.4 is 5.32 Å². The molecule has 0 heterocycles.